The van der Waals surface area contributed by atoms with Crippen LogP contribution >= 0.6 is 0 Å². The molecule has 0 spiro atoms. The Bertz CT molecular complexity index is 505. The van der Waals surface area contributed by atoms with Crippen LogP contribution in [0, 0.1) is 13.8 Å². The minimum atomic E-state index is 0.763. The lowest BCUT2D eigenvalue weighted by atomic mass is 10.2. The SMILES string of the molecule is CCNc1cc(-c2ccc(C)nc2)nc(C)n1. The normalized spacial score (nSPS) is 10.3. The maximum atomic E-state index is 4.42. The summed E-state index contributed by atoms with van der Waals surface area (Å²) in [6, 6.07) is 5.96. The molecule has 2 rings (SSSR count). The molecule has 0 radical (unpaired) electrons. The second-order valence-electron chi connectivity index (χ2n) is 3.90. The van der Waals surface area contributed by atoms with Crippen LogP contribution in [-0.4, -0.2) is 21.5 Å². The first-order valence-corrected chi connectivity index (χ1v) is 5.71. The summed E-state index contributed by atoms with van der Waals surface area (Å²) >= 11 is 0. The molecule has 0 aliphatic rings. The molecule has 0 saturated carbocycles. The topological polar surface area (TPSA) is 50.7 Å². The fraction of sp³-hybridized carbons (Fsp3) is 0.308. The van der Waals surface area contributed by atoms with Crippen molar-refractivity contribution in [1.29, 1.82) is 0 Å². The highest BCUT2D eigenvalue weighted by Gasteiger charge is 2.04. The molecule has 2 heterocycles. The predicted octanol–water partition coefficient (Wildman–Crippen LogP) is 2.59. The largest absolute Gasteiger partial charge is 0.370 e. The van der Waals surface area contributed by atoms with Gasteiger partial charge in [-0.05, 0) is 32.9 Å². The van der Waals surface area contributed by atoms with Gasteiger partial charge in [0.2, 0.25) is 0 Å². The van der Waals surface area contributed by atoms with Crippen molar-refractivity contribution in [2.24, 2.45) is 0 Å². The third-order valence-electron chi connectivity index (χ3n) is 2.40. The van der Waals surface area contributed by atoms with Crippen molar-refractivity contribution in [2.45, 2.75) is 20.8 Å². The lowest BCUT2D eigenvalue weighted by Gasteiger charge is -2.07. The van der Waals surface area contributed by atoms with E-state index in [0.717, 1.165) is 35.1 Å². The standard InChI is InChI=1S/C13H16N4/c1-4-14-13-7-12(16-10(3)17-13)11-6-5-9(2)15-8-11/h5-8H,4H2,1-3H3,(H,14,16,17). The highest BCUT2D eigenvalue weighted by Crippen LogP contribution is 2.19. The Morgan fingerprint density at radius 3 is 2.65 bits per heavy atom. The Morgan fingerprint density at radius 2 is 2.00 bits per heavy atom. The Hall–Kier alpha value is -1.97. The Labute approximate surface area is 101 Å². The number of aryl methyl sites for hydroxylation is 2. The molecule has 1 N–H and O–H groups in total. The maximum absolute atomic E-state index is 4.42. The van der Waals surface area contributed by atoms with Crippen LogP contribution in [0.4, 0.5) is 5.82 Å². The summed E-state index contributed by atoms with van der Waals surface area (Å²) in [5.41, 5.74) is 2.92. The highest BCUT2D eigenvalue weighted by atomic mass is 15.0. The van der Waals surface area contributed by atoms with Crippen molar-refractivity contribution in [2.75, 3.05) is 11.9 Å². The van der Waals surface area contributed by atoms with Gasteiger partial charge in [-0.2, -0.15) is 0 Å². The summed E-state index contributed by atoms with van der Waals surface area (Å²) in [4.78, 5) is 13.0. The summed E-state index contributed by atoms with van der Waals surface area (Å²) < 4.78 is 0. The smallest absolute Gasteiger partial charge is 0.130 e. The zero-order chi connectivity index (χ0) is 12.3. The van der Waals surface area contributed by atoms with Crippen LogP contribution in [0.25, 0.3) is 11.3 Å². The van der Waals surface area contributed by atoms with Crippen molar-refractivity contribution < 1.29 is 0 Å². The molecule has 17 heavy (non-hydrogen) atoms. The van der Waals surface area contributed by atoms with Crippen LogP contribution in [0.15, 0.2) is 24.4 Å². The van der Waals surface area contributed by atoms with E-state index in [9.17, 15) is 0 Å². The van der Waals surface area contributed by atoms with Crippen LogP contribution in [0.1, 0.15) is 18.4 Å². The zero-order valence-corrected chi connectivity index (χ0v) is 10.4. The highest BCUT2D eigenvalue weighted by molar-refractivity contribution is 5.61. The molecular formula is C13H16N4. The monoisotopic (exact) mass is 228 g/mol. The van der Waals surface area contributed by atoms with E-state index in [0.29, 0.717) is 0 Å². The van der Waals surface area contributed by atoms with E-state index in [2.05, 4.69) is 20.3 Å². The molecular weight excluding hydrogens is 212 g/mol. The molecule has 0 aliphatic carbocycles. The molecule has 0 bridgehead atoms. The molecule has 2 aromatic heterocycles. The quantitative estimate of drug-likeness (QED) is 0.877. The lowest BCUT2D eigenvalue weighted by Crippen LogP contribution is -2.02. The van der Waals surface area contributed by atoms with Crippen LogP contribution in [0.2, 0.25) is 0 Å². The van der Waals surface area contributed by atoms with Gasteiger partial charge < -0.3 is 5.32 Å². The second-order valence-corrected chi connectivity index (χ2v) is 3.90. The lowest BCUT2D eigenvalue weighted by molar-refractivity contribution is 1.04. The first kappa shape index (κ1) is 11.5. The van der Waals surface area contributed by atoms with E-state index in [1.165, 1.54) is 0 Å². The molecule has 0 atom stereocenters. The first-order chi connectivity index (χ1) is 8.19. The molecule has 4 heteroatoms. The summed E-state index contributed by atoms with van der Waals surface area (Å²) in [6.07, 6.45) is 1.84. The number of pyridine rings is 1. The van der Waals surface area contributed by atoms with Gasteiger partial charge in [0, 0.05) is 30.1 Å². The van der Waals surface area contributed by atoms with Gasteiger partial charge in [-0.15, -0.1) is 0 Å². The summed E-state index contributed by atoms with van der Waals surface area (Å²) in [5.74, 6) is 1.62. The number of nitrogens with zero attached hydrogens (tertiary/aromatic N) is 3. The summed E-state index contributed by atoms with van der Waals surface area (Å²) in [6.45, 7) is 6.76. The fourth-order valence-electron chi connectivity index (χ4n) is 1.61. The van der Waals surface area contributed by atoms with E-state index >= 15 is 0 Å². The van der Waals surface area contributed by atoms with Crippen LogP contribution in [-0.2, 0) is 0 Å². The minimum absolute atomic E-state index is 0.763. The molecule has 0 aliphatic heterocycles. The fourth-order valence-corrected chi connectivity index (χ4v) is 1.61. The van der Waals surface area contributed by atoms with Crippen molar-refractivity contribution in [3.8, 4) is 11.3 Å². The van der Waals surface area contributed by atoms with Gasteiger partial charge in [-0.3, -0.25) is 4.98 Å². The van der Waals surface area contributed by atoms with Crippen molar-refractivity contribution >= 4 is 5.82 Å². The molecule has 2 aromatic rings. The van der Waals surface area contributed by atoms with Crippen LogP contribution < -0.4 is 5.32 Å². The number of anilines is 1. The van der Waals surface area contributed by atoms with E-state index < -0.39 is 0 Å². The molecule has 4 nitrogen and oxygen atoms in total. The van der Waals surface area contributed by atoms with Gasteiger partial charge in [0.25, 0.3) is 0 Å². The minimum Gasteiger partial charge on any atom is -0.370 e. The van der Waals surface area contributed by atoms with E-state index in [-0.39, 0.29) is 0 Å². The third kappa shape index (κ3) is 2.78. The number of aromatic nitrogens is 3. The van der Waals surface area contributed by atoms with Gasteiger partial charge in [-0.25, -0.2) is 9.97 Å². The number of hydrogen-bond acceptors (Lipinski definition) is 4. The Morgan fingerprint density at radius 1 is 1.18 bits per heavy atom. The average molecular weight is 228 g/mol. The first-order valence-electron chi connectivity index (χ1n) is 5.71. The molecule has 0 fully saturated rings. The third-order valence-corrected chi connectivity index (χ3v) is 2.40. The molecule has 0 saturated heterocycles. The number of nitrogens with one attached hydrogen (secondary N) is 1. The summed E-state index contributed by atoms with van der Waals surface area (Å²) in [5, 5.41) is 3.20. The molecule has 0 amide bonds. The number of rotatable bonds is 3. The molecule has 88 valence electrons. The van der Waals surface area contributed by atoms with Gasteiger partial charge >= 0.3 is 0 Å². The van der Waals surface area contributed by atoms with E-state index in [1.54, 1.807) is 0 Å². The van der Waals surface area contributed by atoms with Crippen LogP contribution in [0.5, 0.6) is 0 Å². The van der Waals surface area contributed by atoms with Gasteiger partial charge in [0.05, 0.1) is 5.69 Å². The zero-order valence-electron chi connectivity index (χ0n) is 10.4. The summed E-state index contributed by atoms with van der Waals surface area (Å²) in [7, 11) is 0. The predicted molar refractivity (Wildman–Crippen MR) is 68.9 cm³/mol. The molecule has 0 unspecified atom stereocenters. The van der Waals surface area contributed by atoms with Gasteiger partial charge in [-0.1, -0.05) is 0 Å². The Balaban J connectivity index is 2.40. The number of hydrogen-bond donors (Lipinski definition) is 1. The maximum Gasteiger partial charge on any atom is 0.130 e. The average Bonchev–Trinajstić information content (AvgIpc) is 2.29. The van der Waals surface area contributed by atoms with Gasteiger partial charge in [0.15, 0.2) is 0 Å². The van der Waals surface area contributed by atoms with Crippen LogP contribution in [0.3, 0.4) is 0 Å². The van der Waals surface area contributed by atoms with Crippen molar-refractivity contribution in [3.63, 3.8) is 0 Å². The Kier molecular flexibility index (Phi) is 3.32. The van der Waals surface area contributed by atoms with E-state index in [4.69, 9.17) is 0 Å². The van der Waals surface area contributed by atoms with Crippen molar-refractivity contribution in [1.82, 2.24) is 15.0 Å². The molecule has 0 aromatic carbocycles. The van der Waals surface area contributed by atoms with E-state index in [1.807, 2.05) is 45.2 Å². The second kappa shape index (κ2) is 4.91. The van der Waals surface area contributed by atoms with Crippen molar-refractivity contribution in [3.05, 3.63) is 35.9 Å². The van der Waals surface area contributed by atoms with Gasteiger partial charge in [0.1, 0.15) is 11.6 Å².